The zero-order valence-electron chi connectivity index (χ0n) is 15.3. The molecule has 3 heteroatoms. The summed E-state index contributed by atoms with van der Waals surface area (Å²) in [5.41, 5.74) is 0. The predicted octanol–water partition coefficient (Wildman–Crippen LogP) is 5.76. The van der Waals surface area contributed by atoms with E-state index in [0.717, 1.165) is 38.5 Å². The highest BCUT2D eigenvalue weighted by molar-refractivity contribution is 5.66. The van der Waals surface area contributed by atoms with Gasteiger partial charge in [0.25, 0.3) is 0 Å². The van der Waals surface area contributed by atoms with Crippen LogP contribution in [0.2, 0.25) is 0 Å². The molecular formula is C22H32O3. The Hall–Kier alpha value is -1.87. The number of hydrogen-bond acceptors (Lipinski definition) is 2. The molecule has 0 aromatic rings. The van der Waals surface area contributed by atoms with E-state index in [9.17, 15) is 4.79 Å². The van der Waals surface area contributed by atoms with Crippen LogP contribution in [0.5, 0.6) is 0 Å². The molecule has 25 heavy (non-hydrogen) atoms. The molecule has 0 spiro atoms. The summed E-state index contributed by atoms with van der Waals surface area (Å²) in [4.78, 5) is 10.3. The van der Waals surface area contributed by atoms with Gasteiger partial charge in [0.2, 0.25) is 0 Å². The molecular weight excluding hydrogens is 312 g/mol. The van der Waals surface area contributed by atoms with Crippen molar-refractivity contribution in [1.29, 1.82) is 0 Å². The lowest BCUT2D eigenvalue weighted by Crippen LogP contribution is -1.91. The number of carboxylic acids is 1. The number of carboxylic acid groups (broad SMARTS) is 1. The Bertz CT molecular complexity index is 497. The zero-order valence-corrected chi connectivity index (χ0v) is 15.3. The monoisotopic (exact) mass is 344 g/mol. The van der Waals surface area contributed by atoms with E-state index in [-0.39, 0.29) is 6.42 Å². The van der Waals surface area contributed by atoms with E-state index >= 15 is 0 Å². The largest absolute Gasteiger partial charge is 0.481 e. The molecule has 1 aliphatic heterocycles. The first kappa shape index (κ1) is 21.2. The van der Waals surface area contributed by atoms with Crippen molar-refractivity contribution >= 4 is 5.97 Å². The SMILES string of the molecule is CC/C=C\CC1OC1C/C=C\C/C=C\C/C=C\C/C=C\CCC(=O)O. The average Bonchev–Trinajstić information content (AvgIpc) is 3.33. The van der Waals surface area contributed by atoms with Crippen molar-refractivity contribution in [3.8, 4) is 0 Å². The van der Waals surface area contributed by atoms with Crippen molar-refractivity contribution in [2.24, 2.45) is 0 Å². The van der Waals surface area contributed by atoms with Crippen molar-refractivity contribution in [2.45, 2.75) is 70.5 Å². The minimum absolute atomic E-state index is 0.208. The summed E-state index contributed by atoms with van der Waals surface area (Å²) in [7, 11) is 0. The van der Waals surface area contributed by atoms with Crippen LogP contribution in [0.25, 0.3) is 0 Å². The molecule has 0 amide bonds. The van der Waals surface area contributed by atoms with E-state index in [1.165, 1.54) is 0 Å². The highest BCUT2D eigenvalue weighted by atomic mass is 16.6. The van der Waals surface area contributed by atoms with Crippen LogP contribution < -0.4 is 0 Å². The third-order valence-electron chi connectivity index (χ3n) is 3.83. The van der Waals surface area contributed by atoms with Gasteiger partial charge >= 0.3 is 5.97 Å². The van der Waals surface area contributed by atoms with Crippen LogP contribution in [0, 0.1) is 0 Å². The molecule has 1 rings (SSSR count). The second-order valence-electron chi connectivity index (χ2n) is 6.09. The maximum absolute atomic E-state index is 10.3. The Kier molecular flexibility index (Phi) is 12.3. The normalized spacial score (nSPS) is 20.8. The van der Waals surface area contributed by atoms with Crippen LogP contribution >= 0.6 is 0 Å². The third-order valence-corrected chi connectivity index (χ3v) is 3.83. The highest BCUT2D eigenvalue weighted by Crippen LogP contribution is 2.28. The Morgan fingerprint density at radius 2 is 1.28 bits per heavy atom. The fourth-order valence-corrected chi connectivity index (χ4v) is 2.36. The Morgan fingerprint density at radius 3 is 1.80 bits per heavy atom. The van der Waals surface area contributed by atoms with Gasteiger partial charge in [-0.05, 0) is 44.9 Å². The topological polar surface area (TPSA) is 49.8 Å². The Morgan fingerprint density at radius 1 is 0.800 bits per heavy atom. The van der Waals surface area contributed by atoms with Gasteiger partial charge in [0.1, 0.15) is 0 Å². The molecule has 138 valence electrons. The van der Waals surface area contributed by atoms with Gasteiger partial charge in [-0.3, -0.25) is 4.79 Å². The van der Waals surface area contributed by atoms with Gasteiger partial charge in [-0.15, -0.1) is 0 Å². The summed E-state index contributed by atoms with van der Waals surface area (Å²) in [5, 5.41) is 8.50. The summed E-state index contributed by atoms with van der Waals surface area (Å²) in [6.07, 6.45) is 29.0. The second kappa shape index (κ2) is 14.5. The summed E-state index contributed by atoms with van der Waals surface area (Å²) in [6.45, 7) is 2.15. The number of carbonyl (C=O) groups is 1. The van der Waals surface area contributed by atoms with Crippen LogP contribution in [0.3, 0.4) is 0 Å². The first-order valence-electron chi connectivity index (χ1n) is 9.36. The summed E-state index contributed by atoms with van der Waals surface area (Å²) in [5.74, 6) is -0.743. The van der Waals surface area contributed by atoms with Gasteiger partial charge in [-0.2, -0.15) is 0 Å². The molecule has 2 atom stereocenters. The van der Waals surface area contributed by atoms with Crippen molar-refractivity contribution in [3.63, 3.8) is 0 Å². The summed E-state index contributed by atoms with van der Waals surface area (Å²) < 4.78 is 5.62. The Balaban J connectivity index is 1.94. The van der Waals surface area contributed by atoms with Crippen molar-refractivity contribution in [2.75, 3.05) is 0 Å². The van der Waals surface area contributed by atoms with E-state index in [1.54, 1.807) is 0 Å². The molecule has 0 bridgehead atoms. The molecule has 0 saturated carbocycles. The number of allylic oxidation sites excluding steroid dienone is 8. The van der Waals surface area contributed by atoms with Crippen LogP contribution in [-0.2, 0) is 9.53 Å². The molecule has 0 aliphatic carbocycles. The van der Waals surface area contributed by atoms with Crippen molar-refractivity contribution < 1.29 is 14.6 Å². The lowest BCUT2D eigenvalue weighted by molar-refractivity contribution is -0.136. The van der Waals surface area contributed by atoms with Crippen LogP contribution in [0.4, 0.5) is 0 Å². The fraction of sp³-hybridized carbons (Fsp3) is 0.500. The van der Waals surface area contributed by atoms with Crippen molar-refractivity contribution in [1.82, 2.24) is 0 Å². The van der Waals surface area contributed by atoms with Crippen LogP contribution in [0.1, 0.15) is 58.3 Å². The first-order valence-corrected chi connectivity index (χ1v) is 9.36. The Labute approximate surface area is 152 Å². The molecule has 1 N–H and O–H groups in total. The fourth-order valence-electron chi connectivity index (χ4n) is 2.36. The molecule has 3 nitrogen and oxygen atoms in total. The molecule has 1 saturated heterocycles. The standard InChI is InChI=1S/C22H32O3/c1-2-3-14-17-20-21(25-20)18-15-12-10-8-6-4-5-7-9-11-13-16-19-22(23)24/h3,5-8,11-15,20-21H,2,4,9-10,16-19H2,1H3,(H,23,24)/b7-5-,8-6-,13-11-,14-3-,15-12-. The van der Waals surface area contributed by atoms with Crippen LogP contribution in [-0.4, -0.2) is 23.3 Å². The number of rotatable bonds is 14. The average molecular weight is 344 g/mol. The lowest BCUT2D eigenvalue weighted by Gasteiger charge is -1.88. The molecule has 1 heterocycles. The first-order chi connectivity index (χ1) is 12.2. The summed E-state index contributed by atoms with van der Waals surface area (Å²) >= 11 is 0. The highest BCUT2D eigenvalue weighted by Gasteiger charge is 2.35. The van der Waals surface area contributed by atoms with Gasteiger partial charge in [-0.25, -0.2) is 0 Å². The number of ether oxygens (including phenoxy) is 1. The quantitative estimate of drug-likeness (QED) is 0.322. The van der Waals surface area contributed by atoms with E-state index in [4.69, 9.17) is 9.84 Å². The van der Waals surface area contributed by atoms with E-state index in [0.29, 0.717) is 18.6 Å². The number of hydrogen-bond donors (Lipinski definition) is 1. The lowest BCUT2D eigenvalue weighted by atomic mass is 10.1. The van der Waals surface area contributed by atoms with E-state index < -0.39 is 5.97 Å². The van der Waals surface area contributed by atoms with Gasteiger partial charge in [0.05, 0.1) is 12.2 Å². The molecule has 1 aliphatic rings. The minimum Gasteiger partial charge on any atom is -0.481 e. The number of aliphatic carboxylic acids is 1. The smallest absolute Gasteiger partial charge is 0.303 e. The summed E-state index contributed by atoms with van der Waals surface area (Å²) in [6, 6.07) is 0. The number of epoxide rings is 1. The van der Waals surface area contributed by atoms with Gasteiger partial charge < -0.3 is 9.84 Å². The van der Waals surface area contributed by atoms with E-state index in [1.807, 2.05) is 12.2 Å². The predicted molar refractivity (Wildman–Crippen MR) is 105 cm³/mol. The minimum atomic E-state index is -0.743. The zero-order chi connectivity index (χ0) is 18.2. The molecule has 0 radical (unpaired) electrons. The maximum Gasteiger partial charge on any atom is 0.303 e. The molecule has 2 unspecified atom stereocenters. The van der Waals surface area contributed by atoms with Gasteiger partial charge in [-0.1, -0.05) is 67.7 Å². The molecule has 0 aromatic heterocycles. The maximum atomic E-state index is 10.3. The molecule has 0 aromatic carbocycles. The third kappa shape index (κ3) is 13.1. The van der Waals surface area contributed by atoms with Gasteiger partial charge in [0, 0.05) is 6.42 Å². The van der Waals surface area contributed by atoms with Crippen LogP contribution in [0.15, 0.2) is 60.8 Å². The second-order valence-corrected chi connectivity index (χ2v) is 6.09. The van der Waals surface area contributed by atoms with Gasteiger partial charge in [0.15, 0.2) is 0 Å². The molecule has 1 fully saturated rings. The van der Waals surface area contributed by atoms with Crippen molar-refractivity contribution in [3.05, 3.63) is 60.8 Å². The van der Waals surface area contributed by atoms with E-state index in [2.05, 4.69) is 55.5 Å².